The van der Waals surface area contributed by atoms with Crippen molar-refractivity contribution in [1.82, 2.24) is 4.90 Å². The summed E-state index contributed by atoms with van der Waals surface area (Å²) >= 11 is 1.65. The maximum Gasteiger partial charge on any atom is 0.246 e. The van der Waals surface area contributed by atoms with Gasteiger partial charge in [0.25, 0.3) is 0 Å². The van der Waals surface area contributed by atoms with Gasteiger partial charge in [0.05, 0.1) is 19.8 Å². The van der Waals surface area contributed by atoms with E-state index in [2.05, 4.69) is 0 Å². The van der Waals surface area contributed by atoms with Crippen LogP contribution in [0.3, 0.4) is 0 Å². The molecule has 1 aromatic heterocycles. The van der Waals surface area contributed by atoms with Crippen LogP contribution in [0.25, 0.3) is 6.08 Å². The topological polar surface area (TPSA) is 38.8 Å². The number of benzene rings is 1. The molecular weight excluding hydrogens is 310 g/mol. The number of nitrogens with zero attached hydrogens (tertiary/aromatic N) is 1. The van der Waals surface area contributed by atoms with Crippen LogP contribution in [-0.4, -0.2) is 31.1 Å². The smallest absolute Gasteiger partial charge is 0.246 e. The molecule has 0 atom stereocenters. The second-order valence-electron chi connectivity index (χ2n) is 5.36. The normalized spacial score (nSPS) is 13.8. The molecule has 2 aromatic rings. The number of amides is 1. The molecule has 0 N–H and O–H groups in total. The maximum atomic E-state index is 12.2. The lowest BCUT2D eigenvalue weighted by Crippen LogP contribution is -2.23. The molecule has 1 aromatic carbocycles. The van der Waals surface area contributed by atoms with Crippen molar-refractivity contribution in [3.8, 4) is 11.5 Å². The molecule has 1 aliphatic rings. The van der Waals surface area contributed by atoms with Gasteiger partial charge in [-0.05, 0) is 35.2 Å². The summed E-state index contributed by atoms with van der Waals surface area (Å²) in [7, 11) is 1.81. The largest absolute Gasteiger partial charge is 0.490 e. The van der Waals surface area contributed by atoms with Crippen molar-refractivity contribution in [3.63, 3.8) is 0 Å². The van der Waals surface area contributed by atoms with E-state index in [-0.39, 0.29) is 5.91 Å². The fraction of sp³-hybridized carbons (Fsp3) is 0.278. The molecule has 0 bridgehead atoms. The first kappa shape index (κ1) is 15.6. The molecule has 0 unspecified atom stereocenters. The van der Waals surface area contributed by atoms with Crippen LogP contribution >= 0.6 is 11.3 Å². The van der Waals surface area contributed by atoms with Gasteiger partial charge in [-0.3, -0.25) is 4.79 Å². The summed E-state index contributed by atoms with van der Waals surface area (Å²) in [6, 6.07) is 9.74. The third-order valence-corrected chi connectivity index (χ3v) is 4.40. The molecule has 0 fully saturated rings. The molecular formula is C18H19NO3S. The van der Waals surface area contributed by atoms with E-state index in [1.807, 2.05) is 41.8 Å². The Bertz CT molecular complexity index is 694. The van der Waals surface area contributed by atoms with Crippen LogP contribution in [0.1, 0.15) is 16.9 Å². The van der Waals surface area contributed by atoms with Crippen LogP contribution in [0, 0.1) is 0 Å². The van der Waals surface area contributed by atoms with Crippen LogP contribution < -0.4 is 9.47 Å². The molecule has 0 saturated heterocycles. The first-order chi connectivity index (χ1) is 11.2. The van der Waals surface area contributed by atoms with Crippen molar-refractivity contribution in [2.75, 3.05) is 20.3 Å². The number of carbonyl (C=O) groups excluding carboxylic acids is 1. The van der Waals surface area contributed by atoms with E-state index in [0.717, 1.165) is 23.5 Å². The lowest BCUT2D eigenvalue weighted by molar-refractivity contribution is -0.125. The third kappa shape index (κ3) is 4.13. The van der Waals surface area contributed by atoms with Crippen LogP contribution in [0.2, 0.25) is 0 Å². The number of carbonyl (C=O) groups is 1. The molecule has 0 saturated carbocycles. The predicted molar refractivity (Wildman–Crippen MR) is 91.9 cm³/mol. The monoisotopic (exact) mass is 329 g/mol. The van der Waals surface area contributed by atoms with Gasteiger partial charge >= 0.3 is 0 Å². The molecule has 0 aliphatic carbocycles. The second kappa shape index (κ2) is 7.33. The van der Waals surface area contributed by atoms with E-state index in [1.54, 1.807) is 29.4 Å². The fourth-order valence-electron chi connectivity index (χ4n) is 2.29. The zero-order valence-electron chi connectivity index (χ0n) is 13.0. The molecule has 4 nitrogen and oxygen atoms in total. The van der Waals surface area contributed by atoms with E-state index in [9.17, 15) is 4.79 Å². The molecule has 0 spiro atoms. The van der Waals surface area contributed by atoms with Crippen LogP contribution in [0.4, 0.5) is 0 Å². The van der Waals surface area contributed by atoms with Crippen molar-refractivity contribution in [1.29, 1.82) is 0 Å². The highest BCUT2D eigenvalue weighted by molar-refractivity contribution is 7.09. The molecule has 0 radical (unpaired) electrons. The fourth-order valence-corrected chi connectivity index (χ4v) is 3.05. The number of hydrogen-bond donors (Lipinski definition) is 0. The van der Waals surface area contributed by atoms with Crippen molar-refractivity contribution < 1.29 is 14.3 Å². The van der Waals surface area contributed by atoms with Crippen molar-refractivity contribution in [2.45, 2.75) is 13.0 Å². The minimum Gasteiger partial charge on any atom is -0.490 e. The highest BCUT2D eigenvalue weighted by Crippen LogP contribution is 2.30. The first-order valence-corrected chi connectivity index (χ1v) is 8.45. The summed E-state index contributed by atoms with van der Waals surface area (Å²) in [5.74, 6) is 1.48. The van der Waals surface area contributed by atoms with Crippen molar-refractivity contribution in [3.05, 3.63) is 52.2 Å². The zero-order chi connectivity index (χ0) is 16.1. The number of hydrogen-bond acceptors (Lipinski definition) is 4. The number of rotatable bonds is 4. The van der Waals surface area contributed by atoms with E-state index in [4.69, 9.17) is 9.47 Å². The Morgan fingerprint density at radius 3 is 2.87 bits per heavy atom. The van der Waals surface area contributed by atoms with Gasteiger partial charge in [0.1, 0.15) is 0 Å². The average Bonchev–Trinajstić information content (AvgIpc) is 2.95. The summed E-state index contributed by atoms with van der Waals surface area (Å²) in [5.41, 5.74) is 0.923. The van der Waals surface area contributed by atoms with E-state index in [1.165, 1.54) is 4.88 Å². The van der Waals surface area contributed by atoms with Crippen LogP contribution in [-0.2, 0) is 11.3 Å². The van der Waals surface area contributed by atoms with E-state index < -0.39 is 0 Å². The Kier molecular flexibility index (Phi) is 4.98. The Balaban J connectivity index is 1.65. The quantitative estimate of drug-likeness (QED) is 0.805. The van der Waals surface area contributed by atoms with Gasteiger partial charge in [0.2, 0.25) is 5.91 Å². The second-order valence-corrected chi connectivity index (χ2v) is 6.40. The standard InChI is InChI=1S/C18H19NO3S/c1-19(13-15-4-2-11-23-15)18(20)8-6-14-5-7-16-17(12-14)22-10-3-9-21-16/h2,4-8,11-12H,3,9-10,13H2,1H3. The molecule has 2 heterocycles. The number of fused-ring (bicyclic) bond motifs is 1. The summed E-state index contributed by atoms with van der Waals surface area (Å²) < 4.78 is 11.3. The van der Waals surface area contributed by atoms with Gasteiger partial charge in [-0.15, -0.1) is 11.3 Å². The summed E-state index contributed by atoms with van der Waals surface area (Å²) in [5, 5.41) is 2.02. The number of likely N-dealkylation sites (N-methyl/N-ethyl adjacent to an activating group) is 1. The Morgan fingerprint density at radius 2 is 2.09 bits per heavy atom. The Hall–Kier alpha value is -2.27. The van der Waals surface area contributed by atoms with Gasteiger partial charge in [-0.1, -0.05) is 12.1 Å². The average molecular weight is 329 g/mol. The SMILES string of the molecule is CN(Cc1cccs1)C(=O)C=Cc1ccc2c(c1)OCCCO2. The van der Waals surface area contributed by atoms with Gasteiger partial charge in [-0.25, -0.2) is 0 Å². The predicted octanol–water partition coefficient (Wildman–Crippen LogP) is 3.58. The highest BCUT2D eigenvalue weighted by atomic mass is 32.1. The van der Waals surface area contributed by atoms with Crippen molar-refractivity contribution >= 4 is 23.3 Å². The Morgan fingerprint density at radius 1 is 1.26 bits per heavy atom. The third-order valence-electron chi connectivity index (χ3n) is 3.54. The van der Waals surface area contributed by atoms with E-state index >= 15 is 0 Å². The van der Waals surface area contributed by atoms with Crippen LogP contribution in [0.15, 0.2) is 41.8 Å². The molecule has 120 valence electrons. The molecule has 5 heteroatoms. The molecule has 23 heavy (non-hydrogen) atoms. The molecule has 1 amide bonds. The molecule has 3 rings (SSSR count). The van der Waals surface area contributed by atoms with Crippen molar-refractivity contribution in [2.24, 2.45) is 0 Å². The summed E-state index contributed by atoms with van der Waals surface area (Å²) in [6.07, 6.45) is 4.28. The zero-order valence-corrected chi connectivity index (χ0v) is 13.8. The highest BCUT2D eigenvalue weighted by Gasteiger charge is 2.10. The van der Waals surface area contributed by atoms with Crippen LogP contribution in [0.5, 0.6) is 11.5 Å². The van der Waals surface area contributed by atoms with Gasteiger partial charge in [0, 0.05) is 24.4 Å². The lowest BCUT2D eigenvalue weighted by atomic mass is 10.2. The number of thiophene rings is 1. The van der Waals surface area contributed by atoms with Gasteiger partial charge in [0.15, 0.2) is 11.5 Å². The maximum absolute atomic E-state index is 12.2. The Labute approximate surface area is 140 Å². The molecule has 1 aliphatic heterocycles. The van der Waals surface area contributed by atoms with Gasteiger partial charge in [-0.2, -0.15) is 0 Å². The first-order valence-electron chi connectivity index (χ1n) is 7.57. The van der Waals surface area contributed by atoms with E-state index in [0.29, 0.717) is 19.8 Å². The summed E-state index contributed by atoms with van der Waals surface area (Å²) in [6.45, 7) is 1.96. The van der Waals surface area contributed by atoms with Gasteiger partial charge < -0.3 is 14.4 Å². The lowest BCUT2D eigenvalue weighted by Gasteiger charge is -2.13. The minimum absolute atomic E-state index is 0.0227. The summed E-state index contributed by atoms with van der Waals surface area (Å²) in [4.78, 5) is 15.0. The minimum atomic E-state index is -0.0227. The number of ether oxygens (including phenoxy) is 2.